The van der Waals surface area contributed by atoms with E-state index in [0.717, 1.165) is 22.6 Å². The van der Waals surface area contributed by atoms with E-state index in [1.807, 2.05) is 73.1 Å². The third-order valence-electron chi connectivity index (χ3n) is 5.30. The van der Waals surface area contributed by atoms with Crippen molar-refractivity contribution in [3.8, 4) is 5.69 Å². The van der Waals surface area contributed by atoms with E-state index in [1.165, 1.54) is 18.4 Å². The first-order valence-corrected chi connectivity index (χ1v) is 9.78. The van der Waals surface area contributed by atoms with Crippen molar-refractivity contribution in [2.24, 2.45) is 5.92 Å². The van der Waals surface area contributed by atoms with E-state index in [0.29, 0.717) is 5.92 Å². The van der Waals surface area contributed by atoms with Crippen LogP contribution in [-0.2, 0) is 4.79 Å². The van der Waals surface area contributed by atoms with Crippen LogP contribution in [0.3, 0.4) is 0 Å². The SMILES string of the molecule is Cc1nn(-c2ccccc2)c(C)c1/C=C\C(=O)N[C@@H](c1ccccc1)C1CC1. The Morgan fingerprint density at radius 3 is 2.36 bits per heavy atom. The zero-order chi connectivity index (χ0) is 19.5. The number of aromatic nitrogens is 2. The van der Waals surface area contributed by atoms with Crippen molar-refractivity contribution in [2.45, 2.75) is 32.7 Å². The lowest BCUT2D eigenvalue weighted by molar-refractivity contribution is -0.117. The van der Waals surface area contributed by atoms with Crippen LogP contribution in [-0.4, -0.2) is 15.7 Å². The number of para-hydroxylation sites is 1. The van der Waals surface area contributed by atoms with Gasteiger partial charge in [-0.1, -0.05) is 48.5 Å². The molecule has 1 amide bonds. The number of benzene rings is 2. The molecule has 1 heterocycles. The summed E-state index contributed by atoms with van der Waals surface area (Å²) in [5.41, 5.74) is 5.12. The van der Waals surface area contributed by atoms with E-state index in [4.69, 9.17) is 0 Å². The predicted molar refractivity (Wildman–Crippen MR) is 112 cm³/mol. The Balaban J connectivity index is 1.51. The van der Waals surface area contributed by atoms with Crippen LogP contribution in [0.25, 0.3) is 11.8 Å². The van der Waals surface area contributed by atoms with Gasteiger partial charge in [-0.2, -0.15) is 5.10 Å². The fourth-order valence-electron chi connectivity index (χ4n) is 3.64. The van der Waals surface area contributed by atoms with Crippen LogP contribution < -0.4 is 5.32 Å². The van der Waals surface area contributed by atoms with Crippen LogP contribution >= 0.6 is 0 Å². The third-order valence-corrected chi connectivity index (χ3v) is 5.30. The second kappa shape index (κ2) is 7.85. The van der Waals surface area contributed by atoms with Gasteiger partial charge in [-0.05, 0) is 56.4 Å². The summed E-state index contributed by atoms with van der Waals surface area (Å²) >= 11 is 0. The van der Waals surface area contributed by atoms with Gasteiger partial charge in [0.1, 0.15) is 0 Å². The normalized spacial score (nSPS) is 14.9. The first kappa shape index (κ1) is 18.2. The van der Waals surface area contributed by atoms with Gasteiger partial charge in [0.05, 0.1) is 17.4 Å². The van der Waals surface area contributed by atoms with E-state index >= 15 is 0 Å². The van der Waals surface area contributed by atoms with Gasteiger partial charge in [0.15, 0.2) is 0 Å². The molecular formula is C24H25N3O. The molecule has 3 aromatic rings. The summed E-state index contributed by atoms with van der Waals surface area (Å²) < 4.78 is 1.92. The van der Waals surface area contributed by atoms with Gasteiger partial charge in [-0.3, -0.25) is 4.79 Å². The van der Waals surface area contributed by atoms with Crippen molar-refractivity contribution < 1.29 is 4.79 Å². The number of hydrogen-bond acceptors (Lipinski definition) is 2. The van der Waals surface area contributed by atoms with Crippen LogP contribution in [0.15, 0.2) is 66.7 Å². The number of carbonyl (C=O) groups is 1. The second-order valence-corrected chi connectivity index (χ2v) is 7.40. The molecule has 0 bridgehead atoms. The maximum absolute atomic E-state index is 12.6. The Kier molecular flexibility index (Phi) is 5.11. The zero-order valence-corrected chi connectivity index (χ0v) is 16.3. The molecule has 1 fully saturated rings. The maximum Gasteiger partial charge on any atom is 0.244 e. The lowest BCUT2D eigenvalue weighted by atomic mass is 10.0. The summed E-state index contributed by atoms with van der Waals surface area (Å²) in [4.78, 5) is 12.6. The minimum Gasteiger partial charge on any atom is -0.345 e. The number of nitrogens with one attached hydrogen (secondary N) is 1. The van der Waals surface area contributed by atoms with E-state index in [2.05, 4.69) is 22.5 Å². The Morgan fingerprint density at radius 1 is 1.07 bits per heavy atom. The Labute approximate surface area is 165 Å². The Bertz CT molecular complexity index is 985. The van der Waals surface area contributed by atoms with Gasteiger partial charge in [-0.15, -0.1) is 0 Å². The lowest BCUT2D eigenvalue weighted by Crippen LogP contribution is -2.28. The van der Waals surface area contributed by atoms with Crippen molar-refractivity contribution in [1.82, 2.24) is 15.1 Å². The molecule has 0 unspecified atom stereocenters. The molecule has 1 aromatic heterocycles. The van der Waals surface area contributed by atoms with Gasteiger partial charge in [0.2, 0.25) is 5.91 Å². The minimum atomic E-state index is -0.0629. The quantitative estimate of drug-likeness (QED) is 0.635. The predicted octanol–water partition coefficient (Wildman–Crippen LogP) is 4.77. The molecule has 1 aliphatic carbocycles. The summed E-state index contributed by atoms with van der Waals surface area (Å²) in [6, 6.07) is 20.4. The number of amides is 1. The summed E-state index contributed by atoms with van der Waals surface area (Å²) in [5, 5.41) is 7.83. The van der Waals surface area contributed by atoms with Crippen LogP contribution in [0.5, 0.6) is 0 Å². The van der Waals surface area contributed by atoms with Crippen molar-refractivity contribution in [3.63, 3.8) is 0 Å². The monoisotopic (exact) mass is 371 g/mol. The van der Waals surface area contributed by atoms with E-state index < -0.39 is 0 Å². The summed E-state index contributed by atoms with van der Waals surface area (Å²) in [6.45, 7) is 4.00. The van der Waals surface area contributed by atoms with Gasteiger partial charge in [0, 0.05) is 17.3 Å². The van der Waals surface area contributed by atoms with E-state index in [9.17, 15) is 4.79 Å². The van der Waals surface area contributed by atoms with Crippen LogP contribution in [0, 0.1) is 19.8 Å². The molecule has 0 aliphatic heterocycles. The molecule has 4 nitrogen and oxygen atoms in total. The highest BCUT2D eigenvalue weighted by molar-refractivity contribution is 5.92. The molecule has 0 spiro atoms. The molecule has 0 radical (unpaired) electrons. The molecule has 1 N–H and O–H groups in total. The number of aryl methyl sites for hydroxylation is 1. The largest absolute Gasteiger partial charge is 0.345 e. The van der Waals surface area contributed by atoms with Gasteiger partial charge in [-0.25, -0.2) is 4.68 Å². The van der Waals surface area contributed by atoms with Crippen LogP contribution in [0.4, 0.5) is 0 Å². The zero-order valence-electron chi connectivity index (χ0n) is 16.3. The highest BCUT2D eigenvalue weighted by Crippen LogP contribution is 2.40. The lowest BCUT2D eigenvalue weighted by Gasteiger charge is -2.17. The smallest absolute Gasteiger partial charge is 0.244 e. The molecular weight excluding hydrogens is 346 g/mol. The molecule has 1 saturated carbocycles. The average molecular weight is 371 g/mol. The van der Waals surface area contributed by atoms with Crippen LogP contribution in [0.2, 0.25) is 0 Å². The topological polar surface area (TPSA) is 46.9 Å². The molecule has 0 saturated heterocycles. The maximum atomic E-state index is 12.6. The molecule has 1 aliphatic rings. The molecule has 1 atom stereocenters. The molecule has 28 heavy (non-hydrogen) atoms. The fourth-order valence-corrected chi connectivity index (χ4v) is 3.64. The highest BCUT2D eigenvalue weighted by Gasteiger charge is 2.32. The fraction of sp³-hybridized carbons (Fsp3) is 0.250. The van der Waals surface area contributed by atoms with Gasteiger partial charge in [0.25, 0.3) is 0 Å². The Hall–Kier alpha value is -3.14. The molecule has 2 aromatic carbocycles. The van der Waals surface area contributed by atoms with Gasteiger partial charge < -0.3 is 5.32 Å². The van der Waals surface area contributed by atoms with Crippen LogP contribution in [0.1, 0.15) is 41.4 Å². The highest BCUT2D eigenvalue weighted by atomic mass is 16.1. The Morgan fingerprint density at radius 2 is 1.71 bits per heavy atom. The van der Waals surface area contributed by atoms with Gasteiger partial charge >= 0.3 is 0 Å². The van der Waals surface area contributed by atoms with Crippen molar-refractivity contribution in [3.05, 3.63) is 89.3 Å². The summed E-state index contributed by atoms with van der Waals surface area (Å²) in [7, 11) is 0. The van der Waals surface area contributed by atoms with E-state index in [1.54, 1.807) is 6.08 Å². The van der Waals surface area contributed by atoms with Crippen molar-refractivity contribution in [2.75, 3.05) is 0 Å². The number of carbonyl (C=O) groups excluding carboxylic acids is 1. The summed E-state index contributed by atoms with van der Waals surface area (Å²) in [6.07, 6.45) is 5.85. The molecule has 4 rings (SSSR count). The average Bonchev–Trinajstić information content (AvgIpc) is 3.52. The van der Waals surface area contributed by atoms with E-state index in [-0.39, 0.29) is 11.9 Å². The van der Waals surface area contributed by atoms with Crippen molar-refractivity contribution >= 4 is 12.0 Å². The molecule has 4 heteroatoms. The standard InChI is InChI=1S/C24H25N3O/c1-17-22(18(2)27(26-17)21-11-7-4-8-12-21)15-16-23(28)25-24(20-13-14-20)19-9-5-3-6-10-19/h3-12,15-16,20,24H,13-14H2,1-2H3,(H,25,28)/b16-15-/t24-/m0/s1. The molecule has 142 valence electrons. The summed E-state index contributed by atoms with van der Waals surface area (Å²) in [5.74, 6) is 0.482. The first-order chi connectivity index (χ1) is 13.6. The minimum absolute atomic E-state index is 0.0629. The third kappa shape index (κ3) is 3.91. The van der Waals surface area contributed by atoms with Crippen molar-refractivity contribution in [1.29, 1.82) is 0 Å². The number of nitrogens with zero attached hydrogens (tertiary/aromatic N) is 2. The number of hydrogen-bond donors (Lipinski definition) is 1. The number of rotatable bonds is 6. The second-order valence-electron chi connectivity index (χ2n) is 7.40. The first-order valence-electron chi connectivity index (χ1n) is 9.78.